The zero-order chi connectivity index (χ0) is 11.4. The van der Waals surface area contributed by atoms with Gasteiger partial charge in [-0.25, -0.2) is 0 Å². The van der Waals surface area contributed by atoms with Crippen LogP contribution >= 0.6 is 0 Å². The Balaban J connectivity index is 4.66. The third kappa shape index (κ3) is 4.07. The van der Waals surface area contributed by atoms with Crippen molar-refractivity contribution in [2.24, 2.45) is 5.16 Å². The number of hydrogen-bond donors (Lipinski definition) is 1. The quantitative estimate of drug-likeness (QED) is 0.323. The van der Waals surface area contributed by atoms with Gasteiger partial charge in [0.15, 0.2) is 0 Å². The minimum absolute atomic E-state index is 0.00968. The number of ether oxygens (including phenoxy) is 2. The van der Waals surface area contributed by atoms with E-state index >= 15 is 0 Å². The van der Waals surface area contributed by atoms with Crippen molar-refractivity contribution in [1.29, 1.82) is 0 Å². The van der Waals surface area contributed by atoms with Crippen molar-refractivity contribution in [2.45, 2.75) is 59.5 Å². The van der Waals surface area contributed by atoms with E-state index in [0.717, 1.165) is 0 Å². The Morgan fingerprint density at radius 2 is 1.50 bits per heavy atom. The highest BCUT2D eigenvalue weighted by Gasteiger charge is 2.32. The van der Waals surface area contributed by atoms with Crippen molar-refractivity contribution in [2.75, 3.05) is 0 Å². The maximum absolute atomic E-state index is 8.72. The van der Waals surface area contributed by atoms with Crippen LogP contribution in [0.2, 0.25) is 0 Å². The van der Waals surface area contributed by atoms with Crippen molar-refractivity contribution < 1.29 is 14.7 Å². The maximum atomic E-state index is 8.72. The first-order valence-corrected chi connectivity index (χ1v) is 4.86. The maximum Gasteiger partial charge on any atom is 0.208 e. The van der Waals surface area contributed by atoms with E-state index in [0.29, 0.717) is 5.71 Å². The Morgan fingerprint density at radius 1 is 1.14 bits per heavy atom. The zero-order valence-corrected chi connectivity index (χ0v) is 9.87. The second-order valence-corrected chi connectivity index (χ2v) is 3.96. The third-order valence-corrected chi connectivity index (χ3v) is 1.73. The fraction of sp³-hybridized carbons (Fsp3) is 0.900. The van der Waals surface area contributed by atoms with Gasteiger partial charge in [-0.3, -0.25) is 0 Å². The van der Waals surface area contributed by atoms with Gasteiger partial charge in [0.2, 0.25) is 5.79 Å². The lowest BCUT2D eigenvalue weighted by molar-refractivity contribution is -0.214. The summed E-state index contributed by atoms with van der Waals surface area (Å²) in [5, 5.41) is 11.9. The van der Waals surface area contributed by atoms with Crippen LogP contribution < -0.4 is 0 Å². The second kappa shape index (κ2) is 5.32. The minimum atomic E-state index is -0.947. The number of hydrogen-bond acceptors (Lipinski definition) is 4. The predicted molar refractivity (Wildman–Crippen MR) is 55.7 cm³/mol. The summed E-state index contributed by atoms with van der Waals surface area (Å²) < 4.78 is 11.2. The van der Waals surface area contributed by atoms with Gasteiger partial charge in [-0.2, -0.15) is 0 Å². The van der Waals surface area contributed by atoms with Crippen molar-refractivity contribution in [3.05, 3.63) is 0 Å². The molecule has 84 valence electrons. The highest BCUT2D eigenvalue weighted by atomic mass is 16.7. The summed E-state index contributed by atoms with van der Waals surface area (Å²) in [6, 6.07) is 0. The van der Waals surface area contributed by atoms with Crippen LogP contribution in [0, 0.1) is 0 Å². The van der Waals surface area contributed by atoms with Crippen LogP contribution in [-0.4, -0.2) is 28.9 Å². The lowest BCUT2D eigenvalue weighted by Crippen LogP contribution is -2.43. The van der Waals surface area contributed by atoms with Crippen LogP contribution in [0.3, 0.4) is 0 Å². The van der Waals surface area contributed by atoms with E-state index in [2.05, 4.69) is 5.16 Å². The van der Waals surface area contributed by atoms with Gasteiger partial charge < -0.3 is 14.7 Å². The van der Waals surface area contributed by atoms with Gasteiger partial charge in [0.05, 0.1) is 12.2 Å². The normalized spacial score (nSPS) is 14.1. The molecule has 0 aliphatic heterocycles. The fourth-order valence-electron chi connectivity index (χ4n) is 1.19. The second-order valence-electron chi connectivity index (χ2n) is 3.96. The van der Waals surface area contributed by atoms with E-state index < -0.39 is 5.79 Å². The highest BCUT2D eigenvalue weighted by molar-refractivity contribution is 5.88. The van der Waals surface area contributed by atoms with Gasteiger partial charge in [-0.05, 0) is 41.5 Å². The summed E-state index contributed by atoms with van der Waals surface area (Å²) in [5.41, 5.74) is 0.417. The molecule has 0 aromatic carbocycles. The molecule has 14 heavy (non-hydrogen) atoms. The van der Waals surface area contributed by atoms with Gasteiger partial charge >= 0.3 is 0 Å². The largest absolute Gasteiger partial charge is 0.411 e. The molecular formula is C10H21NO3. The number of nitrogens with zero attached hydrogens (tertiary/aromatic N) is 1. The molecule has 0 heterocycles. The van der Waals surface area contributed by atoms with Crippen LogP contribution in [-0.2, 0) is 9.47 Å². The summed E-state index contributed by atoms with van der Waals surface area (Å²) in [5.74, 6) is -0.947. The van der Waals surface area contributed by atoms with Crippen molar-refractivity contribution in [3.63, 3.8) is 0 Å². The van der Waals surface area contributed by atoms with E-state index in [1.54, 1.807) is 13.8 Å². The molecular weight excluding hydrogens is 182 g/mol. The lowest BCUT2D eigenvalue weighted by atomic mass is 10.2. The molecule has 0 bridgehead atoms. The van der Waals surface area contributed by atoms with Crippen LogP contribution in [0.1, 0.15) is 41.5 Å². The van der Waals surface area contributed by atoms with Crippen LogP contribution in [0.5, 0.6) is 0 Å². The Kier molecular flexibility index (Phi) is 5.08. The SMILES string of the molecule is CC(=NO)C(C)(OC(C)C)OC(C)C. The number of oxime groups is 1. The molecule has 4 heteroatoms. The lowest BCUT2D eigenvalue weighted by Gasteiger charge is -2.32. The Morgan fingerprint density at radius 3 is 1.71 bits per heavy atom. The predicted octanol–water partition coefficient (Wildman–Crippen LogP) is 2.40. The van der Waals surface area contributed by atoms with Gasteiger partial charge in [0.25, 0.3) is 0 Å². The van der Waals surface area contributed by atoms with E-state index in [1.165, 1.54) is 0 Å². The van der Waals surface area contributed by atoms with Crippen molar-refractivity contribution in [1.82, 2.24) is 0 Å². The molecule has 0 unspecified atom stereocenters. The summed E-state index contributed by atoms with van der Waals surface area (Å²) >= 11 is 0. The molecule has 0 aromatic heterocycles. The number of rotatable bonds is 5. The van der Waals surface area contributed by atoms with E-state index in [-0.39, 0.29) is 12.2 Å². The molecule has 4 nitrogen and oxygen atoms in total. The smallest absolute Gasteiger partial charge is 0.208 e. The molecule has 0 radical (unpaired) electrons. The standard InChI is InChI=1S/C10H21NO3/c1-7(2)13-10(6,9(5)11-12)14-8(3)4/h7-8,12H,1-6H3. The zero-order valence-electron chi connectivity index (χ0n) is 9.87. The summed E-state index contributed by atoms with van der Waals surface area (Å²) in [4.78, 5) is 0. The molecule has 0 aliphatic rings. The van der Waals surface area contributed by atoms with Gasteiger partial charge in [-0.15, -0.1) is 0 Å². The topological polar surface area (TPSA) is 51.1 Å². The molecule has 0 amide bonds. The first-order chi connectivity index (χ1) is 6.31. The minimum Gasteiger partial charge on any atom is -0.411 e. The van der Waals surface area contributed by atoms with E-state index in [4.69, 9.17) is 14.7 Å². The summed E-state index contributed by atoms with van der Waals surface area (Å²) in [6.07, 6.45) is 0.0194. The van der Waals surface area contributed by atoms with E-state index in [1.807, 2.05) is 27.7 Å². The van der Waals surface area contributed by atoms with Gasteiger partial charge in [-0.1, -0.05) is 5.16 Å². The molecule has 1 N–H and O–H groups in total. The van der Waals surface area contributed by atoms with Crippen LogP contribution in [0.25, 0.3) is 0 Å². The summed E-state index contributed by atoms with van der Waals surface area (Å²) in [6.45, 7) is 11.1. The van der Waals surface area contributed by atoms with Crippen LogP contribution in [0.15, 0.2) is 5.16 Å². The van der Waals surface area contributed by atoms with Gasteiger partial charge in [0.1, 0.15) is 5.71 Å². The molecule has 0 fully saturated rings. The Labute approximate surface area is 85.9 Å². The molecule has 0 aliphatic carbocycles. The molecule has 0 atom stereocenters. The van der Waals surface area contributed by atoms with E-state index in [9.17, 15) is 0 Å². The molecule has 0 saturated heterocycles. The molecule has 0 saturated carbocycles. The van der Waals surface area contributed by atoms with Crippen molar-refractivity contribution in [3.8, 4) is 0 Å². The Hall–Kier alpha value is -0.610. The Bertz CT molecular complexity index is 190. The monoisotopic (exact) mass is 203 g/mol. The average Bonchev–Trinajstić information content (AvgIpc) is 1.99. The van der Waals surface area contributed by atoms with Gasteiger partial charge in [0, 0.05) is 0 Å². The molecule has 0 rings (SSSR count). The van der Waals surface area contributed by atoms with Crippen LogP contribution in [0.4, 0.5) is 0 Å². The fourth-order valence-corrected chi connectivity index (χ4v) is 1.19. The highest BCUT2D eigenvalue weighted by Crippen LogP contribution is 2.19. The average molecular weight is 203 g/mol. The first kappa shape index (κ1) is 13.4. The summed E-state index contributed by atoms with van der Waals surface area (Å²) in [7, 11) is 0. The third-order valence-electron chi connectivity index (χ3n) is 1.73. The molecule has 0 aromatic rings. The molecule has 0 spiro atoms. The first-order valence-electron chi connectivity index (χ1n) is 4.86. The van der Waals surface area contributed by atoms with Crippen molar-refractivity contribution >= 4 is 5.71 Å².